The van der Waals surface area contributed by atoms with E-state index in [4.69, 9.17) is 4.98 Å². The number of aromatic nitrogens is 3. The van der Waals surface area contributed by atoms with Gasteiger partial charge in [0.1, 0.15) is 5.82 Å². The second-order valence-electron chi connectivity index (χ2n) is 10.8. The standard InChI is InChI=1S/C38H23N5/c1-24-10-14-27(15-11-24)32-20-38(43-34-9-5-3-7-29(34)31-17-13-26(22-40)19-36(31)43)41-23-37(32)42-33-8-4-2-6-28(33)30-16-12-25(21-39)18-35(30)42/h2-20,23H,1H3. The number of nitriles is 2. The molecule has 0 bridgehead atoms. The van der Waals surface area contributed by atoms with Gasteiger partial charge in [-0.1, -0.05) is 78.4 Å². The van der Waals surface area contributed by atoms with Crippen molar-refractivity contribution >= 4 is 43.6 Å². The maximum Gasteiger partial charge on any atom is 0.138 e. The van der Waals surface area contributed by atoms with Crippen LogP contribution in [0.3, 0.4) is 0 Å². The van der Waals surface area contributed by atoms with Crippen LogP contribution in [0.2, 0.25) is 0 Å². The van der Waals surface area contributed by atoms with E-state index >= 15 is 0 Å². The van der Waals surface area contributed by atoms with Gasteiger partial charge in [0.05, 0.1) is 57.2 Å². The van der Waals surface area contributed by atoms with Gasteiger partial charge < -0.3 is 4.57 Å². The van der Waals surface area contributed by atoms with Crippen LogP contribution < -0.4 is 0 Å². The lowest BCUT2D eigenvalue weighted by molar-refractivity contribution is 1.06. The molecule has 0 saturated carbocycles. The first-order valence-electron chi connectivity index (χ1n) is 14.1. The van der Waals surface area contributed by atoms with E-state index in [9.17, 15) is 10.5 Å². The summed E-state index contributed by atoms with van der Waals surface area (Å²) in [5, 5.41) is 23.8. The quantitative estimate of drug-likeness (QED) is 0.221. The first kappa shape index (κ1) is 24.6. The van der Waals surface area contributed by atoms with Crippen molar-refractivity contribution in [1.29, 1.82) is 10.5 Å². The zero-order chi connectivity index (χ0) is 29.1. The minimum Gasteiger partial charge on any atom is -0.307 e. The van der Waals surface area contributed by atoms with E-state index in [1.54, 1.807) is 0 Å². The second-order valence-corrected chi connectivity index (χ2v) is 10.8. The number of para-hydroxylation sites is 2. The second kappa shape index (κ2) is 9.45. The highest BCUT2D eigenvalue weighted by atomic mass is 15.1. The summed E-state index contributed by atoms with van der Waals surface area (Å²) in [5.74, 6) is 0.763. The molecule has 0 unspecified atom stereocenters. The Bertz CT molecular complexity index is 2480. The van der Waals surface area contributed by atoms with Crippen LogP contribution in [0.25, 0.3) is 66.2 Å². The Morgan fingerprint density at radius 2 is 1.09 bits per heavy atom. The van der Waals surface area contributed by atoms with Crippen molar-refractivity contribution in [3.63, 3.8) is 0 Å². The predicted molar refractivity (Wildman–Crippen MR) is 173 cm³/mol. The van der Waals surface area contributed by atoms with Crippen LogP contribution in [0.1, 0.15) is 16.7 Å². The minimum absolute atomic E-state index is 0.602. The van der Waals surface area contributed by atoms with Crippen molar-refractivity contribution in [1.82, 2.24) is 14.1 Å². The molecule has 43 heavy (non-hydrogen) atoms. The number of benzene rings is 5. The Balaban J connectivity index is 1.48. The Morgan fingerprint density at radius 3 is 1.70 bits per heavy atom. The van der Waals surface area contributed by atoms with Gasteiger partial charge >= 0.3 is 0 Å². The van der Waals surface area contributed by atoms with E-state index in [0.717, 1.165) is 66.2 Å². The number of rotatable bonds is 3. The average molecular weight is 550 g/mol. The third-order valence-electron chi connectivity index (χ3n) is 8.31. The molecular formula is C38H23N5. The number of fused-ring (bicyclic) bond motifs is 6. The topological polar surface area (TPSA) is 70.3 Å². The van der Waals surface area contributed by atoms with Crippen molar-refractivity contribution in [3.8, 4) is 34.8 Å². The van der Waals surface area contributed by atoms with Crippen LogP contribution in [-0.4, -0.2) is 14.1 Å². The highest BCUT2D eigenvalue weighted by molar-refractivity contribution is 6.11. The summed E-state index contributed by atoms with van der Waals surface area (Å²) in [5.41, 5.74) is 9.35. The number of pyridine rings is 1. The summed E-state index contributed by atoms with van der Waals surface area (Å²) in [6.45, 7) is 2.09. The normalized spacial score (nSPS) is 11.3. The number of hydrogen-bond donors (Lipinski definition) is 0. The predicted octanol–water partition coefficient (Wildman–Crippen LogP) is 8.99. The lowest BCUT2D eigenvalue weighted by Gasteiger charge is -2.16. The summed E-state index contributed by atoms with van der Waals surface area (Å²) in [6.07, 6.45) is 1.93. The Labute approximate surface area is 247 Å². The summed E-state index contributed by atoms with van der Waals surface area (Å²) >= 11 is 0. The first-order valence-corrected chi connectivity index (χ1v) is 14.1. The van der Waals surface area contributed by atoms with Crippen LogP contribution in [0.4, 0.5) is 0 Å². The van der Waals surface area contributed by atoms with Gasteiger partial charge in [0.15, 0.2) is 0 Å². The fourth-order valence-corrected chi connectivity index (χ4v) is 6.29. The molecule has 5 heteroatoms. The fourth-order valence-electron chi connectivity index (χ4n) is 6.29. The summed E-state index contributed by atoms with van der Waals surface area (Å²) < 4.78 is 4.36. The molecule has 0 N–H and O–H groups in total. The molecule has 0 fully saturated rings. The smallest absolute Gasteiger partial charge is 0.138 e. The van der Waals surface area contributed by atoms with Gasteiger partial charge in [-0.15, -0.1) is 0 Å². The molecule has 0 radical (unpaired) electrons. The van der Waals surface area contributed by atoms with E-state index in [0.29, 0.717) is 11.1 Å². The zero-order valence-corrected chi connectivity index (χ0v) is 23.3. The molecule has 5 aromatic carbocycles. The van der Waals surface area contributed by atoms with E-state index in [-0.39, 0.29) is 0 Å². The molecule has 8 aromatic rings. The van der Waals surface area contributed by atoms with Crippen LogP contribution in [0.15, 0.2) is 121 Å². The molecule has 0 saturated heterocycles. The molecule has 0 aliphatic rings. The van der Waals surface area contributed by atoms with Gasteiger partial charge in [-0.3, -0.25) is 4.57 Å². The van der Waals surface area contributed by atoms with Crippen LogP contribution in [0.5, 0.6) is 0 Å². The molecule has 0 amide bonds. The summed E-state index contributed by atoms with van der Waals surface area (Å²) in [7, 11) is 0. The van der Waals surface area contributed by atoms with Gasteiger partial charge in [0, 0.05) is 27.1 Å². The number of aryl methyl sites for hydroxylation is 1. The van der Waals surface area contributed by atoms with E-state index in [1.165, 1.54) is 5.56 Å². The number of nitrogens with zero attached hydrogens (tertiary/aromatic N) is 5. The Morgan fingerprint density at radius 1 is 0.558 bits per heavy atom. The SMILES string of the molecule is Cc1ccc(-c2cc(-n3c4ccccc4c4ccc(C#N)cc43)ncc2-n2c3ccccc3c3ccc(C#N)cc32)cc1. The molecular weight excluding hydrogens is 526 g/mol. The van der Waals surface area contributed by atoms with Gasteiger partial charge in [-0.25, -0.2) is 4.98 Å². The highest BCUT2D eigenvalue weighted by Gasteiger charge is 2.20. The molecule has 200 valence electrons. The van der Waals surface area contributed by atoms with Crippen LogP contribution in [-0.2, 0) is 0 Å². The lowest BCUT2D eigenvalue weighted by atomic mass is 10.0. The van der Waals surface area contributed by atoms with Crippen molar-refractivity contribution in [2.45, 2.75) is 6.92 Å². The van der Waals surface area contributed by atoms with Gasteiger partial charge in [-0.05, 0) is 55.0 Å². The van der Waals surface area contributed by atoms with E-state index in [2.05, 4.69) is 82.8 Å². The van der Waals surface area contributed by atoms with E-state index in [1.807, 2.05) is 66.9 Å². The highest BCUT2D eigenvalue weighted by Crippen LogP contribution is 2.38. The molecule has 0 spiro atoms. The summed E-state index contributed by atoms with van der Waals surface area (Å²) in [4.78, 5) is 5.09. The van der Waals surface area contributed by atoms with Crippen LogP contribution >= 0.6 is 0 Å². The molecule has 8 rings (SSSR count). The maximum atomic E-state index is 9.75. The van der Waals surface area contributed by atoms with Crippen LogP contribution in [0, 0.1) is 29.6 Å². The van der Waals surface area contributed by atoms with Crippen molar-refractivity contribution in [2.75, 3.05) is 0 Å². The van der Waals surface area contributed by atoms with Crippen molar-refractivity contribution in [3.05, 3.63) is 138 Å². The largest absolute Gasteiger partial charge is 0.307 e. The zero-order valence-electron chi connectivity index (χ0n) is 23.3. The fraction of sp³-hybridized carbons (Fsp3) is 0.0263. The molecule has 3 aromatic heterocycles. The number of hydrogen-bond acceptors (Lipinski definition) is 3. The lowest BCUT2D eigenvalue weighted by Crippen LogP contribution is -2.03. The maximum absolute atomic E-state index is 9.75. The van der Waals surface area contributed by atoms with E-state index < -0.39 is 0 Å². The molecule has 0 aliphatic heterocycles. The Kier molecular flexibility index (Phi) is 5.41. The summed E-state index contributed by atoms with van der Waals surface area (Å²) in [6, 6.07) is 43.6. The molecule has 0 atom stereocenters. The van der Waals surface area contributed by atoms with Gasteiger partial charge in [0.2, 0.25) is 0 Å². The average Bonchev–Trinajstić information content (AvgIpc) is 3.56. The first-order chi connectivity index (χ1) is 21.1. The van der Waals surface area contributed by atoms with Crippen molar-refractivity contribution < 1.29 is 0 Å². The third-order valence-corrected chi connectivity index (χ3v) is 8.31. The monoisotopic (exact) mass is 549 g/mol. The van der Waals surface area contributed by atoms with Crippen molar-refractivity contribution in [2.24, 2.45) is 0 Å². The molecule has 5 nitrogen and oxygen atoms in total. The van der Waals surface area contributed by atoms with Gasteiger partial charge in [0.25, 0.3) is 0 Å². The van der Waals surface area contributed by atoms with Gasteiger partial charge in [-0.2, -0.15) is 10.5 Å². The molecule has 3 heterocycles. The minimum atomic E-state index is 0.602. The third kappa shape index (κ3) is 3.73. The Hall–Kier alpha value is -6.17. The molecule has 0 aliphatic carbocycles.